The van der Waals surface area contributed by atoms with Crippen molar-refractivity contribution >= 4 is 35.0 Å². The van der Waals surface area contributed by atoms with Gasteiger partial charge in [0.05, 0.1) is 24.3 Å². The fourth-order valence-electron chi connectivity index (χ4n) is 3.38. The second-order valence-electron chi connectivity index (χ2n) is 7.92. The van der Waals surface area contributed by atoms with Crippen molar-refractivity contribution < 1.29 is 45.4 Å². The summed E-state index contributed by atoms with van der Waals surface area (Å²) in [5.74, 6) is -4.28. The molecule has 0 saturated carbocycles. The summed E-state index contributed by atoms with van der Waals surface area (Å²) in [5.41, 5.74) is -1.69. The van der Waals surface area contributed by atoms with Crippen molar-refractivity contribution in [3.8, 4) is 16.9 Å². The lowest BCUT2D eigenvalue weighted by Crippen LogP contribution is -2.71. The molecule has 1 saturated heterocycles. The average Bonchev–Trinajstić information content (AvgIpc) is 2.73. The van der Waals surface area contributed by atoms with Gasteiger partial charge in [-0.15, -0.1) is 0 Å². The molecule has 0 bridgehead atoms. The van der Waals surface area contributed by atoms with Crippen molar-refractivity contribution in [3.05, 3.63) is 51.8 Å². The number of benzene rings is 2. The van der Waals surface area contributed by atoms with Gasteiger partial charge in [0.1, 0.15) is 18.2 Å². The van der Waals surface area contributed by atoms with Gasteiger partial charge in [-0.3, -0.25) is 9.59 Å². The van der Waals surface area contributed by atoms with Crippen LogP contribution in [-0.4, -0.2) is 49.8 Å². The SMILES string of the molecule is C[C@@H](NC(=O)C1(NC(=O)C(F)(F)F)COC1)c1ccc(-c2cc(Cl)cc(Cl)c2OCC(F)F)cc1F. The van der Waals surface area contributed by atoms with Crippen LogP contribution in [0.2, 0.25) is 10.0 Å². The number of ether oxygens (including phenoxy) is 2. The summed E-state index contributed by atoms with van der Waals surface area (Å²) < 4.78 is 88.1. The fraction of sp³-hybridized carbons (Fsp3) is 0.364. The number of alkyl halides is 5. The second-order valence-corrected chi connectivity index (χ2v) is 8.77. The highest BCUT2D eigenvalue weighted by atomic mass is 35.5. The van der Waals surface area contributed by atoms with E-state index in [1.54, 1.807) is 5.32 Å². The van der Waals surface area contributed by atoms with Gasteiger partial charge in [0.25, 0.3) is 12.3 Å². The molecule has 2 amide bonds. The Balaban J connectivity index is 1.82. The van der Waals surface area contributed by atoms with Gasteiger partial charge in [0, 0.05) is 16.1 Å². The molecule has 0 aromatic heterocycles. The molecule has 2 aromatic rings. The molecular formula is C22H18Cl2F6N2O4. The minimum Gasteiger partial charge on any atom is -0.485 e. The van der Waals surface area contributed by atoms with Crippen LogP contribution in [0.3, 0.4) is 0 Å². The number of carbonyl (C=O) groups is 2. The standard InChI is InChI=1S/C22H18Cl2F6N2O4/c1-10(31-19(33)21(8-35-9-21)32-20(34)22(28,29)30)13-3-2-11(4-16(13)25)14-5-12(23)6-15(24)18(14)36-7-17(26)27/h2-6,10,17H,7-9H2,1H3,(H,31,33)(H,32,34)/t10-/m1/s1. The van der Waals surface area contributed by atoms with Crippen LogP contribution in [0.1, 0.15) is 18.5 Å². The molecule has 0 aliphatic carbocycles. The minimum atomic E-state index is -5.21. The van der Waals surface area contributed by atoms with Crippen molar-refractivity contribution in [2.75, 3.05) is 19.8 Å². The first-order chi connectivity index (χ1) is 16.7. The third kappa shape index (κ3) is 6.16. The summed E-state index contributed by atoms with van der Waals surface area (Å²) in [7, 11) is 0. The van der Waals surface area contributed by atoms with Crippen LogP contribution in [0.5, 0.6) is 5.75 Å². The van der Waals surface area contributed by atoms with Gasteiger partial charge in [-0.05, 0) is 30.7 Å². The highest BCUT2D eigenvalue weighted by Gasteiger charge is 2.52. The Morgan fingerprint density at radius 2 is 1.83 bits per heavy atom. The Hall–Kier alpha value is -2.70. The predicted molar refractivity (Wildman–Crippen MR) is 118 cm³/mol. The van der Waals surface area contributed by atoms with Crippen molar-refractivity contribution in [2.24, 2.45) is 0 Å². The fourth-order valence-corrected chi connectivity index (χ4v) is 3.93. The van der Waals surface area contributed by atoms with E-state index in [1.165, 1.54) is 31.2 Å². The molecule has 1 atom stereocenters. The van der Waals surface area contributed by atoms with E-state index in [9.17, 15) is 31.5 Å². The average molecular weight is 559 g/mol. The molecule has 0 spiro atoms. The molecule has 2 N–H and O–H groups in total. The maximum absolute atomic E-state index is 15.0. The van der Waals surface area contributed by atoms with Gasteiger partial charge in [-0.1, -0.05) is 35.3 Å². The summed E-state index contributed by atoms with van der Waals surface area (Å²) in [6.45, 7) is -0.575. The summed E-state index contributed by atoms with van der Waals surface area (Å²) in [4.78, 5) is 24.0. The van der Waals surface area contributed by atoms with E-state index < -0.39 is 61.6 Å². The zero-order chi connectivity index (χ0) is 26.8. The lowest BCUT2D eigenvalue weighted by molar-refractivity contribution is -0.184. The first kappa shape index (κ1) is 27.9. The van der Waals surface area contributed by atoms with E-state index >= 15 is 4.39 Å². The van der Waals surface area contributed by atoms with Gasteiger partial charge >= 0.3 is 12.1 Å². The molecule has 1 fully saturated rings. The van der Waals surface area contributed by atoms with E-state index in [1.807, 2.05) is 0 Å². The molecular weight excluding hydrogens is 541 g/mol. The number of hydrogen-bond acceptors (Lipinski definition) is 4. The number of halogens is 8. The Labute approximate surface area is 210 Å². The molecule has 0 unspecified atom stereocenters. The normalized spacial score (nSPS) is 15.7. The van der Waals surface area contributed by atoms with Crippen LogP contribution < -0.4 is 15.4 Å². The van der Waals surface area contributed by atoms with E-state index in [0.29, 0.717) is 0 Å². The van der Waals surface area contributed by atoms with Crippen LogP contribution in [0.4, 0.5) is 26.3 Å². The van der Waals surface area contributed by atoms with Crippen molar-refractivity contribution in [1.29, 1.82) is 0 Å². The smallest absolute Gasteiger partial charge is 0.471 e. The van der Waals surface area contributed by atoms with E-state index in [0.717, 1.165) is 6.07 Å². The zero-order valence-electron chi connectivity index (χ0n) is 18.3. The molecule has 6 nitrogen and oxygen atoms in total. The maximum Gasteiger partial charge on any atom is 0.471 e. The maximum atomic E-state index is 15.0. The number of hydrogen-bond donors (Lipinski definition) is 2. The predicted octanol–water partition coefficient (Wildman–Crippen LogP) is 5.07. The van der Waals surface area contributed by atoms with Crippen LogP contribution >= 0.6 is 23.2 Å². The molecule has 1 aliphatic heterocycles. The number of nitrogens with one attached hydrogen (secondary N) is 2. The Kier molecular flexibility index (Phi) is 8.31. The van der Waals surface area contributed by atoms with Gasteiger partial charge < -0.3 is 20.1 Å². The van der Waals surface area contributed by atoms with E-state index in [4.69, 9.17) is 32.7 Å². The van der Waals surface area contributed by atoms with Gasteiger partial charge in [0.2, 0.25) is 0 Å². The monoisotopic (exact) mass is 558 g/mol. The first-order valence-corrected chi connectivity index (χ1v) is 11.0. The van der Waals surface area contributed by atoms with Gasteiger partial charge in [0.15, 0.2) is 5.54 Å². The van der Waals surface area contributed by atoms with Crippen LogP contribution in [0.25, 0.3) is 11.1 Å². The van der Waals surface area contributed by atoms with Gasteiger partial charge in [-0.2, -0.15) is 13.2 Å². The highest BCUT2D eigenvalue weighted by Crippen LogP contribution is 2.40. The molecule has 0 radical (unpaired) electrons. The summed E-state index contributed by atoms with van der Waals surface area (Å²) >= 11 is 12.1. The Bertz CT molecular complexity index is 1160. The van der Waals surface area contributed by atoms with E-state index in [-0.39, 0.29) is 32.5 Å². The van der Waals surface area contributed by atoms with Gasteiger partial charge in [-0.25, -0.2) is 13.2 Å². The van der Waals surface area contributed by atoms with Crippen molar-refractivity contribution in [2.45, 2.75) is 31.1 Å². The Morgan fingerprint density at radius 1 is 1.17 bits per heavy atom. The third-order valence-electron chi connectivity index (χ3n) is 5.23. The third-order valence-corrected chi connectivity index (χ3v) is 5.73. The summed E-state index contributed by atoms with van der Waals surface area (Å²) in [5, 5.41) is 4.05. The zero-order valence-corrected chi connectivity index (χ0v) is 19.8. The number of rotatable bonds is 8. The van der Waals surface area contributed by atoms with Crippen LogP contribution in [0.15, 0.2) is 30.3 Å². The lowest BCUT2D eigenvalue weighted by Gasteiger charge is -2.41. The molecule has 1 aliphatic rings. The molecule has 196 valence electrons. The lowest BCUT2D eigenvalue weighted by atomic mass is 9.94. The summed E-state index contributed by atoms with van der Waals surface area (Å²) in [6.07, 6.45) is -8.00. The number of carbonyl (C=O) groups excluding carboxylic acids is 2. The second kappa shape index (κ2) is 10.7. The van der Waals surface area contributed by atoms with Crippen LogP contribution in [-0.2, 0) is 14.3 Å². The van der Waals surface area contributed by atoms with E-state index in [2.05, 4.69) is 5.32 Å². The first-order valence-electron chi connectivity index (χ1n) is 10.2. The molecule has 2 aromatic carbocycles. The molecule has 3 rings (SSSR count). The largest absolute Gasteiger partial charge is 0.485 e. The highest BCUT2D eigenvalue weighted by molar-refractivity contribution is 6.36. The number of amides is 2. The van der Waals surface area contributed by atoms with Crippen molar-refractivity contribution in [3.63, 3.8) is 0 Å². The quantitative estimate of drug-likeness (QED) is 0.444. The topological polar surface area (TPSA) is 76.7 Å². The molecule has 36 heavy (non-hydrogen) atoms. The molecule has 1 heterocycles. The van der Waals surface area contributed by atoms with Crippen LogP contribution in [0, 0.1) is 5.82 Å². The summed E-state index contributed by atoms with van der Waals surface area (Å²) in [6, 6.07) is 5.28. The van der Waals surface area contributed by atoms with Crippen molar-refractivity contribution in [1.82, 2.24) is 10.6 Å². The molecule has 14 heteroatoms. The minimum absolute atomic E-state index is 0.0483. The Morgan fingerprint density at radius 3 is 2.36 bits per heavy atom.